The second-order valence-electron chi connectivity index (χ2n) is 4.92. The molecular formula is C13H16BrFN2O. The fraction of sp³-hybridized carbons (Fsp3) is 0.462. The van der Waals surface area contributed by atoms with E-state index in [-0.39, 0.29) is 17.3 Å². The van der Waals surface area contributed by atoms with Gasteiger partial charge in [-0.3, -0.25) is 4.79 Å². The van der Waals surface area contributed by atoms with E-state index in [2.05, 4.69) is 21.2 Å². The summed E-state index contributed by atoms with van der Waals surface area (Å²) in [5.74, 6) is -0.461. The van der Waals surface area contributed by atoms with Crippen LogP contribution in [0.25, 0.3) is 0 Å². The van der Waals surface area contributed by atoms with Gasteiger partial charge in [0, 0.05) is 17.6 Å². The van der Waals surface area contributed by atoms with Crippen LogP contribution in [0.15, 0.2) is 22.7 Å². The van der Waals surface area contributed by atoms with Gasteiger partial charge in [0.1, 0.15) is 5.82 Å². The average Bonchev–Trinajstić information content (AvgIpc) is 2.70. The van der Waals surface area contributed by atoms with Crippen molar-refractivity contribution in [3.05, 3.63) is 28.5 Å². The van der Waals surface area contributed by atoms with Crippen LogP contribution in [0.5, 0.6) is 0 Å². The third-order valence-corrected chi connectivity index (χ3v) is 3.92. The summed E-state index contributed by atoms with van der Waals surface area (Å²) in [4.78, 5) is 11.9. The first-order valence-electron chi connectivity index (χ1n) is 6.02. The molecule has 0 bridgehead atoms. The molecule has 1 saturated carbocycles. The van der Waals surface area contributed by atoms with Gasteiger partial charge in [-0.1, -0.05) is 12.8 Å². The molecule has 1 aromatic carbocycles. The summed E-state index contributed by atoms with van der Waals surface area (Å²) in [5, 5.41) is 2.75. The van der Waals surface area contributed by atoms with Gasteiger partial charge in [0.2, 0.25) is 5.91 Å². The van der Waals surface area contributed by atoms with Crippen molar-refractivity contribution in [2.45, 2.75) is 37.6 Å². The predicted molar refractivity (Wildman–Crippen MR) is 72.7 cm³/mol. The van der Waals surface area contributed by atoms with Crippen LogP contribution in [-0.2, 0) is 4.79 Å². The van der Waals surface area contributed by atoms with Crippen molar-refractivity contribution in [3.63, 3.8) is 0 Å². The van der Waals surface area contributed by atoms with E-state index in [1.165, 1.54) is 12.1 Å². The fourth-order valence-electron chi connectivity index (χ4n) is 2.35. The van der Waals surface area contributed by atoms with E-state index < -0.39 is 0 Å². The van der Waals surface area contributed by atoms with Gasteiger partial charge in [-0.2, -0.15) is 0 Å². The quantitative estimate of drug-likeness (QED) is 0.900. The molecular weight excluding hydrogens is 299 g/mol. The Kier molecular flexibility index (Phi) is 4.02. The Hall–Kier alpha value is -0.940. The average molecular weight is 315 g/mol. The Morgan fingerprint density at radius 1 is 1.44 bits per heavy atom. The van der Waals surface area contributed by atoms with Crippen molar-refractivity contribution in [2.75, 3.05) is 5.32 Å². The molecule has 3 nitrogen and oxygen atoms in total. The van der Waals surface area contributed by atoms with Crippen molar-refractivity contribution in [1.29, 1.82) is 0 Å². The van der Waals surface area contributed by atoms with Crippen LogP contribution in [0.3, 0.4) is 0 Å². The van der Waals surface area contributed by atoms with E-state index in [0.29, 0.717) is 16.6 Å². The number of halogens is 2. The Labute approximate surface area is 114 Å². The molecule has 0 atom stereocenters. The highest BCUT2D eigenvalue weighted by Crippen LogP contribution is 2.30. The summed E-state index contributed by atoms with van der Waals surface area (Å²) in [6.45, 7) is 0. The van der Waals surface area contributed by atoms with Crippen molar-refractivity contribution in [3.8, 4) is 0 Å². The second kappa shape index (κ2) is 5.36. The third-order valence-electron chi connectivity index (χ3n) is 3.32. The van der Waals surface area contributed by atoms with Gasteiger partial charge in [-0.05, 0) is 47.0 Å². The number of carbonyl (C=O) groups is 1. The molecule has 0 saturated heterocycles. The lowest BCUT2D eigenvalue weighted by Crippen LogP contribution is -2.40. The number of hydrogen-bond donors (Lipinski definition) is 2. The van der Waals surface area contributed by atoms with E-state index in [9.17, 15) is 9.18 Å². The normalized spacial score (nSPS) is 17.7. The first-order valence-corrected chi connectivity index (χ1v) is 6.82. The molecule has 5 heteroatoms. The first-order chi connectivity index (χ1) is 8.48. The van der Waals surface area contributed by atoms with Gasteiger partial charge < -0.3 is 11.1 Å². The number of nitrogens with two attached hydrogens (primary N) is 1. The third kappa shape index (κ3) is 3.29. The Morgan fingerprint density at radius 3 is 2.72 bits per heavy atom. The fourth-order valence-corrected chi connectivity index (χ4v) is 2.73. The Balaban J connectivity index is 1.96. The highest BCUT2D eigenvalue weighted by Gasteiger charge is 2.31. The molecule has 0 aliphatic heterocycles. The van der Waals surface area contributed by atoms with Gasteiger partial charge in [0.15, 0.2) is 0 Å². The topological polar surface area (TPSA) is 55.1 Å². The maximum absolute atomic E-state index is 13.0. The summed E-state index contributed by atoms with van der Waals surface area (Å²) in [6.07, 6.45) is 4.29. The second-order valence-corrected chi connectivity index (χ2v) is 5.78. The lowest BCUT2D eigenvalue weighted by atomic mass is 9.94. The number of hydrogen-bond acceptors (Lipinski definition) is 2. The first kappa shape index (κ1) is 13.5. The SMILES string of the molecule is NC1(CC(=O)Nc2ccc(F)c(Br)c2)CCCC1. The van der Waals surface area contributed by atoms with Crippen molar-refractivity contribution in [1.82, 2.24) is 0 Å². The van der Waals surface area contributed by atoms with Crippen LogP contribution in [0, 0.1) is 5.82 Å². The molecule has 0 radical (unpaired) electrons. The number of benzene rings is 1. The molecule has 1 aromatic rings. The smallest absolute Gasteiger partial charge is 0.226 e. The standard InChI is InChI=1S/C13H16BrFN2O/c14-10-7-9(3-4-11(10)15)17-12(18)8-13(16)5-1-2-6-13/h3-4,7H,1-2,5-6,8,16H2,(H,17,18). The monoisotopic (exact) mass is 314 g/mol. The summed E-state index contributed by atoms with van der Waals surface area (Å²) in [6, 6.07) is 4.40. The van der Waals surface area contributed by atoms with Crippen LogP contribution in [-0.4, -0.2) is 11.4 Å². The molecule has 3 N–H and O–H groups in total. The molecule has 1 amide bonds. The maximum Gasteiger partial charge on any atom is 0.226 e. The highest BCUT2D eigenvalue weighted by molar-refractivity contribution is 9.10. The minimum atomic E-state index is -0.360. The van der Waals surface area contributed by atoms with Crippen LogP contribution in [0.2, 0.25) is 0 Å². The van der Waals surface area contributed by atoms with Gasteiger partial charge in [-0.15, -0.1) is 0 Å². The Morgan fingerprint density at radius 2 is 2.11 bits per heavy atom. The van der Waals surface area contributed by atoms with Crippen LogP contribution >= 0.6 is 15.9 Å². The zero-order valence-corrected chi connectivity index (χ0v) is 11.6. The van der Waals surface area contributed by atoms with Gasteiger partial charge in [-0.25, -0.2) is 4.39 Å². The molecule has 0 spiro atoms. The largest absolute Gasteiger partial charge is 0.326 e. The molecule has 2 rings (SSSR count). The summed E-state index contributed by atoms with van der Waals surface area (Å²) >= 11 is 3.08. The zero-order valence-electron chi connectivity index (χ0n) is 10.0. The zero-order chi connectivity index (χ0) is 13.2. The van der Waals surface area contributed by atoms with Crippen LogP contribution in [0.4, 0.5) is 10.1 Å². The van der Waals surface area contributed by atoms with E-state index >= 15 is 0 Å². The van der Waals surface area contributed by atoms with E-state index in [4.69, 9.17) is 5.73 Å². The molecule has 1 fully saturated rings. The molecule has 0 unspecified atom stereocenters. The minimum Gasteiger partial charge on any atom is -0.326 e. The van der Waals surface area contributed by atoms with Crippen LogP contribution < -0.4 is 11.1 Å². The lowest BCUT2D eigenvalue weighted by Gasteiger charge is -2.22. The number of amides is 1. The van der Waals surface area contributed by atoms with Crippen molar-refractivity contribution >= 4 is 27.5 Å². The molecule has 0 heterocycles. The minimum absolute atomic E-state index is 0.113. The summed E-state index contributed by atoms with van der Waals surface area (Å²) < 4.78 is 13.4. The van der Waals surface area contributed by atoms with E-state index in [1.807, 2.05) is 0 Å². The summed E-state index contributed by atoms with van der Waals surface area (Å²) in [7, 11) is 0. The molecule has 18 heavy (non-hydrogen) atoms. The molecule has 0 aromatic heterocycles. The molecule has 1 aliphatic carbocycles. The maximum atomic E-state index is 13.0. The molecule has 98 valence electrons. The molecule has 1 aliphatic rings. The van der Waals surface area contributed by atoms with Crippen molar-refractivity contribution in [2.24, 2.45) is 5.73 Å². The van der Waals surface area contributed by atoms with Gasteiger partial charge in [0.05, 0.1) is 4.47 Å². The number of carbonyl (C=O) groups excluding carboxylic acids is 1. The Bertz CT molecular complexity index is 458. The van der Waals surface area contributed by atoms with E-state index in [0.717, 1.165) is 25.7 Å². The van der Waals surface area contributed by atoms with Crippen LogP contribution in [0.1, 0.15) is 32.1 Å². The number of nitrogens with one attached hydrogen (secondary N) is 1. The number of rotatable bonds is 3. The van der Waals surface area contributed by atoms with Gasteiger partial charge in [0.25, 0.3) is 0 Å². The predicted octanol–water partition coefficient (Wildman–Crippen LogP) is 3.19. The summed E-state index contributed by atoms with van der Waals surface area (Å²) in [5.41, 5.74) is 6.36. The van der Waals surface area contributed by atoms with Gasteiger partial charge >= 0.3 is 0 Å². The van der Waals surface area contributed by atoms with Crippen molar-refractivity contribution < 1.29 is 9.18 Å². The van der Waals surface area contributed by atoms with E-state index in [1.54, 1.807) is 6.07 Å². The number of anilines is 1. The lowest BCUT2D eigenvalue weighted by molar-refractivity contribution is -0.117. The highest BCUT2D eigenvalue weighted by atomic mass is 79.9.